The summed E-state index contributed by atoms with van der Waals surface area (Å²) in [5.41, 5.74) is 18.3. The minimum absolute atomic E-state index is 0.564. The molecular formula is C30H47N3. The fraction of sp³-hybridized carbons (Fsp3) is 0.467. The van der Waals surface area contributed by atoms with Crippen molar-refractivity contribution in [2.45, 2.75) is 54.4 Å². The molecule has 1 aromatic rings. The second-order valence-corrected chi connectivity index (χ2v) is 8.39. The van der Waals surface area contributed by atoms with E-state index >= 15 is 0 Å². The quantitative estimate of drug-likeness (QED) is 0.455. The molecule has 0 amide bonds. The molecule has 3 unspecified atom stereocenters. The molecule has 0 spiro atoms. The Morgan fingerprint density at radius 1 is 1.18 bits per heavy atom. The van der Waals surface area contributed by atoms with Gasteiger partial charge in [-0.15, -0.1) is 0 Å². The lowest BCUT2D eigenvalue weighted by atomic mass is 9.80. The SMILES string of the molecule is C/C=C\C=C1/C(C)C(C2=CC(C)=CCNC2)=CC2CC12.CC.CCc1cccc(N)c1.CN. The first-order valence-corrected chi connectivity index (χ1v) is 12.6. The Kier molecular flexibility index (Phi) is 13.4. The van der Waals surface area contributed by atoms with Gasteiger partial charge in [-0.1, -0.05) is 87.4 Å². The van der Waals surface area contributed by atoms with Gasteiger partial charge in [0.2, 0.25) is 0 Å². The third-order valence-electron chi connectivity index (χ3n) is 6.13. The molecule has 1 aliphatic heterocycles. The van der Waals surface area contributed by atoms with Gasteiger partial charge in [0, 0.05) is 24.7 Å². The Morgan fingerprint density at radius 3 is 2.52 bits per heavy atom. The van der Waals surface area contributed by atoms with Crippen molar-refractivity contribution in [3.05, 3.63) is 88.6 Å². The van der Waals surface area contributed by atoms with Crippen molar-refractivity contribution in [1.29, 1.82) is 0 Å². The van der Waals surface area contributed by atoms with Crippen LogP contribution in [-0.2, 0) is 6.42 Å². The number of benzene rings is 1. The minimum Gasteiger partial charge on any atom is -0.399 e. The Hall–Kier alpha value is -2.36. The number of allylic oxidation sites excluding steroid dienone is 7. The van der Waals surface area contributed by atoms with Crippen LogP contribution >= 0.6 is 0 Å². The van der Waals surface area contributed by atoms with Gasteiger partial charge in [-0.2, -0.15) is 0 Å². The van der Waals surface area contributed by atoms with E-state index in [1.807, 2.05) is 32.0 Å². The van der Waals surface area contributed by atoms with Gasteiger partial charge in [0.25, 0.3) is 0 Å². The lowest BCUT2D eigenvalue weighted by Gasteiger charge is -2.26. The van der Waals surface area contributed by atoms with Crippen molar-refractivity contribution >= 4 is 5.69 Å². The van der Waals surface area contributed by atoms with Crippen molar-refractivity contribution in [2.75, 3.05) is 25.9 Å². The molecule has 3 heteroatoms. The van der Waals surface area contributed by atoms with Crippen LogP contribution in [0.1, 0.15) is 53.5 Å². The van der Waals surface area contributed by atoms with E-state index in [9.17, 15) is 0 Å². The smallest absolute Gasteiger partial charge is 0.0316 e. The monoisotopic (exact) mass is 449 g/mol. The van der Waals surface area contributed by atoms with Gasteiger partial charge in [0.1, 0.15) is 0 Å². The molecule has 2 aliphatic carbocycles. The Morgan fingerprint density at radius 2 is 1.91 bits per heavy atom. The molecule has 1 aromatic carbocycles. The molecule has 1 fully saturated rings. The molecule has 1 saturated carbocycles. The summed E-state index contributed by atoms with van der Waals surface area (Å²) in [5.74, 6) is 2.18. The van der Waals surface area contributed by atoms with Crippen LogP contribution in [0.25, 0.3) is 0 Å². The van der Waals surface area contributed by atoms with Crippen LogP contribution in [0.2, 0.25) is 0 Å². The molecule has 3 nitrogen and oxygen atoms in total. The number of nitrogens with one attached hydrogen (secondary N) is 1. The highest BCUT2D eigenvalue weighted by atomic mass is 14.8. The third-order valence-corrected chi connectivity index (χ3v) is 6.13. The van der Waals surface area contributed by atoms with E-state index in [4.69, 9.17) is 5.73 Å². The van der Waals surface area contributed by atoms with Gasteiger partial charge >= 0.3 is 0 Å². The van der Waals surface area contributed by atoms with Gasteiger partial charge in [0.15, 0.2) is 0 Å². The second-order valence-electron chi connectivity index (χ2n) is 8.39. The van der Waals surface area contributed by atoms with Gasteiger partial charge in [0.05, 0.1) is 0 Å². The van der Waals surface area contributed by atoms with E-state index in [0.717, 1.165) is 37.0 Å². The fourth-order valence-electron chi connectivity index (χ4n) is 4.34. The molecule has 0 saturated heterocycles. The maximum absolute atomic E-state index is 5.53. The van der Waals surface area contributed by atoms with E-state index in [-0.39, 0.29) is 0 Å². The number of nitrogen functional groups attached to an aromatic ring is 1. The molecule has 0 bridgehead atoms. The number of aryl methyl sites for hydroxylation is 1. The third kappa shape index (κ3) is 8.83. The molecule has 33 heavy (non-hydrogen) atoms. The zero-order chi connectivity index (χ0) is 24.8. The topological polar surface area (TPSA) is 64.1 Å². The summed E-state index contributed by atoms with van der Waals surface area (Å²) in [7, 11) is 1.50. The van der Waals surface area contributed by atoms with Gasteiger partial charge < -0.3 is 16.8 Å². The maximum atomic E-state index is 5.53. The van der Waals surface area contributed by atoms with Gasteiger partial charge in [-0.3, -0.25) is 0 Å². The molecule has 3 atom stereocenters. The molecule has 1 heterocycles. The summed E-state index contributed by atoms with van der Waals surface area (Å²) in [4.78, 5) is 0. The number of fused-ring (bicyclic) bond motifs is 1. The first-order valence-electron chi connectivity index (χ1n) is 12.6. The number of anilines is 1. The maximum Gasteiger partial charge on any atom is 0.0316 e. The van der Waals surface area contributed by atoms with Gasteiger partial charge in [-0.25, -0.2) is 0 Å². The highest BCUT2D eigenvalue weighted by molar-refractivity contribution is 5.49. The lowest BCUT2D eigenvalue weighted by molar-refractivity contribution is 0.672. The summed E-state index contributed by atoms with van der Waals surface area (Å²) in [6.07, 6.45) is 16.3. The van der Waals surface area contributed by atoms with Crippen molar-refractivity contribution in [3.63, 3.8) is 0 Å². The molecule has 0 aromatic heterocycles. The molecule has 182 valence electrons. The number of nitrogens with two attached hydrogens (primary N) is 2. The molecular weight excluding hydrogens is 402 g/mol. The Labute approximate surface area is 203 Å². The average molecular weight is 450 g/mol. The first kappa shape index (κ1) is 28.7. The van der Waals surface area contributed by atoms with Crippen LogP contribution in [0.5, 0.6) is 0 Å². The van der Waals surface area contributed by atoms with Crippen LogP contribution in [-0.4, -0.2) is 20.1 Å². The Bertz CT molecular complexity index is 870. The first-order chi connectivity index (χ1) is 16.0. The zero-order valence-corrected chi connectivity index (χ0v) is 22.0. The summed E-state index contributed by atoms with van der Waals surface area (Å²) in [5, 5.41) is 3.51. The summed E-state index contributed by atoms with van der Waals surface area (Å²) in [6.45, 7) is 14.8. The van der Waals surface area contributed by atoms with Gasteiger partial charge in [-0.05, 0) is 74.4 Å². The van der Waals surface area contributed by atoms with Crippen LogP contribution in [0.15, 0.2) is 83.0 Å². The predicted octanol–water partition coefficient (Wildman–Crippen LogP) is 6.61. The summed E-state index contributed by atoms with van der Waals surface area (Å²) < 4.78 is 0. The Balaban J connectivity index is 0.000000352. The lowest BCUT2D eigenvalue weighted by Crippen LogP contribution is -2.20. The van der Waals surface area contributed by atoms with E-state index in [1.165, 1.54) is 30.2 Å². The van der Waals surface area contributed by atoms with Crippen molar-refractivity contribution in [2.24, 2.45) is 23.5 Å². The molecule has 3 aliphatic rings. The summed E-state index contributed by atoms with van der Waals surface area (Å²) in [6, 6.07) is 7.96. The highest BCUT2D eigenvalue weighted by Crippen LogP contribution is 2.54. The van der Waals surface area contributed by atoms with E-state index in [0.29, 0.717) is 5.92 Å². The number of rotatable bonds is 3. The number of hydrogen-bond donors (Lipinski definition) is 3. The zero-order valence-electron chi connectivity index (χ0n) is 22.0. The largest absolute Gasteiger partial charge is 0.399 e. The van der Waals surface area contributed by atoms with Crippen LogP contribution in [0.4, 0.5) is 5.69 Å². The van der Waals surface area contributed by atoms with Crippen LogP contribution in [0, 0.1) is 17.8 Å². The standard InChI is InChI=1S/C19H25N.C8H11N.C2H6.CH5N/c1-4-5-6-17-14(3)18(10-15-11-19(15)17)16-9-13(2)7-8-20-12-16;1-2-7-4-3-5-8(9)6-7;2*1-2/h4-7,9-10,14-15,19-20H,8,11-12H2,1-3H3;3-6H,2,9H2,1H3;1-2H3;2H2,1H3/b5-4-,17-6+;;;. The minimum atomic E-state index is 0.564. The second kappa shape index (κ2) is 15.5. The van der Waals surface area contributed by atoms with E-state index in [2.05, 4.69) is 81.3 Å². The van der Waals surface area contributed by atoms with Crippen LogP contribution in [0.3, 0.4) is 0 Å². The summed E-state index contributed by atoms with van der Waals surface area (Å²) >= 11 is 0. The fourth-order valence-corrected chi connectivity index (χ4v) is 4.34. The highest BCUT2D eigenvalue weighted by Gasteiger charge is 2.44. The van der Waals surface area contributed by atoms with Crippen molar-refractivity contribution in [3.8, 4) is 0 Å². The molecule has 0 radical (unpaired) electrons. The molecule has 4 rings (SSSR count). The van der Waals surface area contributed by atoms with Crippen molar-refractivity contribution < 1.29 is 0 Å². The van der Waals surface area contributed by atoms with Crippen LogP contribution < -0.4 is 16.8 Å². The molecule has 5 N–H and O–H groups in total. The predicted molar refractivity (Wildman–Crippen MR) is 148 cm³/mol. The van der Waals surface area contributed by atoms with Crippen molar-refractivity contribution in [1.82, 2.24) is 5.32 Å². The average Bonchev–Trinajstić information content (AvgIpc) is 3.65. The normalized spacial score (nSPS) is 24.3. The number of hydrogen-bond acceptors (Lipinski definition) is 3. The van der Waals surface area contributed by atoms with E-state index < -0.39 is 0 Å². The van der Waals surface area contributed by atoms with E-state index in [1.54, 1.807) is 11.1 Å².